The predicted molar refractivity (Wildman–Crippen MR) is 173 cm³/mol. The van der Waals surface area contributed by atoms with Gasteiger partial charge in [0.25, 0.3) is 0 Å². The number of unbranched alkanes of at least 4 members (excludes halogenated alkanes) is 28. The van der Waals surface area contributed by atoms with Crippen molar-refractivity contribution in [1.29, 1.82) is 0 Å². The van der Waals surface area contributed by atoms with Gasteiger partial charge in [-0.1, -0.05) is 194 Å². The molecule has 42 heavy (non-hydrogen) atoms. The summed E-state index contributed by atoms with van der Waals surface area (Å²) in [6.07, 6.45) is 39.7. The van der Waals surface area contributed by atoms with Crippen molar-refractivity contribution in [3.63, 3.8) is 0 Å². The maximum Gasteiger partial charge on any atom is 2.00 e. The monoisotopic (exact) mass is 635 g/mol. The Bertz CT molecular complexity index is 457. The van der Waals surface area contributed by atoms with Gasteiger partial charge in [-0.3, -0.25) is 0 Å². The van der Waals surface area contributed by atoms with Gasteiger partial charge in [0.05, 0.1) is 0 Å². The Morgan fingerprint density at radius 2 is 0.476 bits per heavy atom. The number of carbonyl (C=O) groups excluding carboxylic acids is 2. The first-order valence-corrected chi connectivity index (χ1v) is 17.9. The van der Waals surface area contributed by atoms with Crippen molar-refractivity contribution in [2.24, 2.45) is 0 Å². The average Bonchev–Trinajstić information content (AvgIpc) is 2.93. The van der Waals surface area contributed by atoms with E-state index in [2.05, 4.69) is 13.8 Å². The molecule has 0 fully saturated rings. The molecular weight excluding hydrogens is 563 g/mol. The third-order valence-electron chi connectivity index (χ3n) is 7.97. The van der Waals surface area contributed by atoms with Gasteiger partial charge in [-0.05, 0) is 25.7 Å². The number of hydrogen-bond donors (Lipinski definition) is 0. The largest absolute Gasteiger partial charge is 2.00 e. The maximum absolute atomic E-state index is 10.2. The summed E-state index contributed by atoms with van der Waals surface area (Å²) in [4.78, 5) is 20.4. The van der Waals surface area contributed by atoms with E-state index in [-0.39, 0.29) is 36.9 Å². The van der Waals surface area contributed by atoms with Crippen molar-refractivity contribution in [3.8, 4) is 0 Å². The van der Waals surface area contributed by atoms with Crippen LogP contribution in [0.25, 0.3) is 0 Å². The number of hydrogen-bond acceptors (Lipinski definition) is 4. The number of carbonyl (C=O) groups is 2. The minimum atomic E-state index is -0.903. The van der Waals surface area contributed by atoms with Crippen molar-refractivity contribution >= 4 is 11.9 Å². The van der Waals surface area contributed by atoms with Gasteiger partial charge >= 0.3 is 18.6 Å². The molecule has 0 spiro atoms. The summed E-state index contributed by atoms with van der Waals surface area (Å²) in [6.45, 7) is 4.53. The van der Waals surface area contributed by atoms with Crippen LogP contribution in [-0.4, -0.2) is 17.4 Å². The first kappa shape index (κ1) is 48.4. The molecule has 0 aromatic heterocycles. The van der Waals surface area contributed by atoms with Gasteiger partial charge in [0.15, 0.2) is 0 Å². The minimum Gasteiger partial charge on any atom is -0.550 e. The summed E-state index contributed by atoms with van der Waals surface area (Å²) >= 11 is 0. The first-order valence-electron chi connectivity index (χ1n) is 17.9. The molecule has 0 bridgehead atoms. The van der Waals surface area contributed by atoms with E-state index in [0.29, 0.717) is 0 Å². The van der Waals surface area contributed by atoms with E-state index in [4.69, 9.17) is 0 Å². The molecular formula is C36H72O5V. The summed E-state index contributed by atoms with van der Waals surface area (Å²) in [6, 6.07) is 0. The quantitative estimate of drug-likeness (QED) is 0.0686. The first-order chi connectivity index (χ1) is 19.5. The Balaban J connectivity index is -0.000000328. The second kappa shape index (κ2) is 44.9. The summed E-state index contributed by atoms with van der Waals surface area (Å²) < 4.78 is 0. The van der Waals surface area contributed by atoms with Crippen LogP contribution in [0.3, 0.4) is 0 Å². The van der Waals surface area contributed by atoms with E-state index >= 15 is 0 Å². The van der Waals surface area contributed by atoms with Gasteiger partial charge in [-0.2, -0.15) is 0 Å². The SMILES string of the molecule is CCCCCCCCCCCCCCCCCC(=O)[O-].CCCCCCCCCCCCCCCCCC(=O)[O-].O.[V+2]. The van der Waals surface area contributed by atoms with Gasteiger partial charge in [0, 0.05) is 11.9 Å². The Morgan fingerprint density at radius 1 is 0.333 bits per heavy atom. The molecule has 0 unspecified atom stereocenters. The molecule has 6 heteroatoms. The van der Waals surface area contributed by atoms with Crippen LogP contribution in [0.5, 0.6) is 0 Å². The van der Waals surface area contributed by atoms with Gasteiger partial charge in [0.2, 0.25) is 0 Å². The molecule has 0 rings (SSSR count). The molecule has 0 amide bonds. The van der Waals surface area contributed by atoms with Gasteiger partial charge in [0.1, 0.15) is 0 Å². The molecule has 251 valence electrons. The normalized spacial score (nSPS) is 10.3. The van der Waals surface area contributed by atoms with Gasteiger partial charge in [-0.25, -0.2) is 0 Å². The van der Waals surface area contributed by atoms with Gasteiger partial charge < -0.3 is 25.3 Å². The Hall–Kier alpha value is -0.516. The van der Waals surface area contributed by atoms with Crippen LogP contribution >= 0.6 is 0 Å². The zero-order chi connectivity index (χ0) is 29.8. The van der Waals surface area contributed by atoms with E-state index < -0.39 is 11.9 Å². The number of aliphatic carboxylic acids is 2. The molecule has 0 heterocycles. The molecule has 0 aliphatic rings. The smallest absolute Gasteiger partial charge is 0.550 e. The van der Waals surface area contributed by atoms with Crippen LogP contribution in [0.2, 0.25) is 0 Å². The predicted octanol–water partition coefficient (Wildman–Crippen LogP) is 9.17. The number of rotatable bonds is 32. The molecule has 5 nitrogen and oxygen atoms in total. The number of carboxylic acids is 2. The third kappa shape index (κ3) is 52.2. The van der Waals surface area contributed by atoms with Crippen molar-refractivity contribution in [2.45, 2.75) is 219 Å². The minimum absolute atomic E-state index is 0. The molecule has 0 aliphatic heterocycles. The van der Waals surface area contributed by atoms with Crippen LogP contribution in [0.4, 0.5) is 0 Å². The molecule has 0 atom stereocenters. The molecule has 0 aliphatic carbocycles. The van der Waals surface area contributed by atoms with Crippen LogP contribution in [0, 0.1) is 0 Å². The summed E-state index contributed by atoms with van der Waals surface area (Å²) in [5.74, 6) is -1.81. The van der Waals surface area contributed by atoms with Crippen LogP contribution < -0.4 is 10.2 Å². The molecule has 0 saturated carbocycles. The zero-order valence-corrected chi connectivity index (χ0v) is 29.6. The molecule has 0 aromatic rings. The molecule has 1 radical (unpaired) electrons. The third-order valence-corrected chi connectivity index (χ3v) is 7.97. The second-order valence-corrected chi connectivity index (χ2v) is 12.1. The van der Waals surface area contributed by atoms with Crippen LogP contribution in [-0.2, 0) is 28.1 Å². The summed E-state index contributed by atoms with van der Waals surface area (Å²) in [5, 5.41) is 20.4. The van der Waals surface area contributed by atoms with E-state index in [9.17, 15) is 19.8 Å². The fourth-order valence-electron chi connectivity index (χ4n) is 5.28. The Morgan fingerprint density at radius 3 is 0.619 bits per heavy atom. The fraction of sp³-hybridized carbons (Fsp3) is 0.944. The molecule has 0 saturated heterocycles. The topological polar surface area (TPSA) is 112 Å². The van der Waals surface area contributed by atoms with Crippen LogP contribution in [0.15, 0.2) is 0 Å². The van der Waals surface area contributed by atoms with Gasteiger partial charge in [-0.15, -0.1) is 0 Å². The van der Waals surface area contributed by atoms with E-state index in [1.807, 2.05) is 0 Å². The average molecular weight is 636 g/mol. The maximum atomic E-state index is 10.2. The zero-order valence-electron chi connectivity index (χ0n) is 28.2. The van der Waals surface area contributed by atoms with E-state index in [1.165, 1.54) is 167 Å². The Kier molecular flexibility index (Phi) is 51.8. The van der Waals surface area contributed by atoms with Crippen molar-refractivity contribution in [3.05, 3.63) is 0 Å². The van der Waals surface area contributed by atoms with Crippen LogP contribution in [0.1, 0.15) is 219 Å². The second-order valence-electron chi connectivity index (χ2n) is 12.1. The fourth-order valence-corrected chi connectivity index (χ4v) is 5.28. The van der Waals surface area contributed by atoms with Crippen molar-refractivity contribution in [2.75, 3.05) is 0 Å². The molecule has 0 aromatic carbocycles. The summed E-state index contributed by atoms with van der Waals surface area (Å²) in [7, 11) is 0. The number of carboxylic acid groups (broad SMARTS) is 2. The van der Waals surface area contributed by atoms with E-state index in [1.54, 1.807) is 0 Å². The van der Waals surface area contributed by atoms with Crippen molar-refractivity contribution < 1.29 is 43.8 Å². The van der Waals surface area contributed by atoms with Crippen molar-refractivity contribution in [1.82, 2.24) is 0 Å². The standard InChI is InChI=1S/2C18H36O2.H2O.V/c2*1-2-3-4-5-6-7-8-9-10-11-12-13-14-15-16-17-18(19)20;;/h2*2-17H2,1H3,(H,19,20);1H2;/q;;;+2/p-2. The Labute approximate surface area is 274 Å². The van der Waals surface area contributed by atoms with E-state index in [0.717, 1.165) is 25.7 Å². The summed E-state index contributed by atoms with van der Waals surface area (Å²) in [5.41, 5.74) is 0. The molecule has 2 N–H and O–H groups in total.